The van der Waals surface area contributed by atoms with E-state index in [1.54, 1.807) is 7.11 Å². The number of amides is 1. The Bertz CT molecular complexity index is 1020. The van der Waals surface area contributed by atoms with Crippen LogP contribution in [-0.4, -0.2) is 33.5 Å². The molecule has 2 N–H and O–H groups in total. The van der Waals surface area contributed by atoms with E-state index in [4.69, 9.17) is 4.74 Å². The molecule has 0 bridgehead atoms. The summed E-state index contributed by atoms with van der Waals surface area (Å²) in [6, 6.07) is 15.5. The van der Waals surface area contributed by atoms with Crippen LogP contribution in [0.4, 0.5) is 11.4 Å². The summed E-state index contributed by atoms with van der Waals surface area (Å²) in [7, 11) is 1.62. The minimum Gasteiger partial charge on any atom is -0.497 e. The first-order valence-corrected chi connectivity index (χ1v) is 11.0. The third-order valence-electron chi connectivity index (χ3n) is 4.60. The van der Waals surface area contributed by atoms with Gasteiger partial charge in [-0.25, -0.2) is 0 Å². The Labute approximate surface area is 186 Å². The van der Waals surface area contributed by atoms with Crippen molar-refractivity contribution in [3.05, 3.63) is 72.6 Å². The number of thioether (sulfide) groups is 1. The van der Waals surface area contributed by atoms with Crippen LogP contribution >= 0.6 is 11.8 Å². The van der Waals surface area contributed by atoms with Gasteiger partial charge in [0.25, 0.3) is 0 Å². The van der Waals surface area contributed by atoms with Gasteiger partial charge < -0.3 is 19.9 Å². The molecule has 31 heavy (non-hydrogen) atoms. The lowest BCUT2D eigenvalue weighted by Crippen LogP contribution is -2.13. The number of methoxy groups -OCH3 is 1. The molecule has 3 rings (SSSR count). The van der Waals surface area contributed by atoms with Gasteiger partial charge >= 0.3 is 0 Å². The van der Waals surface area contributed by atoms with Crippen molar-refractivity contribution in [3.8, 4) is 5.75 Å². The van der Waals surface area contributed by atoms with E-state index in [0.717, 1.165) is 33.7 Å². The van der Waals surface area contributed by atoms with Crippen molar-refractivity contribution in [2.24, 2.45) is 0 Å². The predicted molar refractivity (Wildman–Crippen MR) is 126 cm³/mol. The van der Waals surface area contributed by atoms with Gasteiger partial charge in [0.1, 0.15) is 5.75 Å². The molecule has 0 aliphatic carbocycles. The monoisotopic (exact) mass is 437 g/mol. The maximum atomic E-state index is 12.4. The summed E-state index contributed by atoms with van der Waals surface area (Å²) in [4.78, 5) is 12.4. The minimum atomic E-state index is -0.0403. The minimum absolute atomic E-state index is 0.0403. The van der Waals surface area contributed by atoms with E-state index in [0.29, 0.717) is 25.3 Å². The molecule has 0 fully saturated rings. The zero-order valence-electron chi connectivity index (χ0n) is 17.8. The molecule has 0 spiro atoms. The van der Waals surface area contributed by atoms with Crippen molar-refractivity contribution in [3.63, 3.8) is 0 Å². The van der Waals surface area contributed by atoms with E-state index in [9.17, 15) is 4.79 Å². The number of aromatic nitrogens is 3. The molecular formula is C23H27N5O2S. The van der Waals surface area contributed by atoms with E-state index in [1.807, 2.05) is 66.1 Å². The van der Waals surface area contributed by atoms with Crippen LogP contribution in [0, 0.1) is 6.92 Å². The molecule has 0 atom stereocenters. The number of nitrogens with zero attached hydrogens (tertiary/aromatic N) is 3. The first-order chi connectivity index (χ1) is 15.1. The Kier molecular flexibility index (Phi) is 8.12. The van der Waals surface area contributed by atoms with Gasteiger partial charge in [-0.05, 0) is 42.8 Å². The lowest BCUT2D eigenvalue weighted by molar-refractivity contribution is -0.115. The van der Waals surface area contributed by atoms with E-state index >= 15 is 0 Å². The standard InChI is InChI=1S/C23H27N5O2S/c1-4-13-28-21(16-24-18-8-6-5-7-9-18)26-27-23(28)31-14-12-22(29)25-20-11-10-19(30-3)15-17(20)2/h4-11,15,24H,1,12-14,16H2,2-3H3,(H,25,29). The molecule has 8 heteroatoms. The fourth-order valence-corrected chi connectivity index (χ4v) is 3.86. The first-order valence-electron chi connectivity index (χ1n) is 10.00. The molecule has 0 aliphatic rings. The average Bonchev–Trinajstić information content (AvgIpc) is 3.16. The highest BCUT2D eigenvalue weighted by Gasteiger charge is 2.13. The van der Waals surface area contributed by atoms with Crippen LogP contribution in [0.5, 0.6) is 5.75 Å². The van der Waals surface area contributed by atoms with Crippen molar-refractivity contribution in [2.45, 2.75) is 31.6 Å². The number of hydrogen-bond acceptors (Lipinski definition) is 6. The fraction of sp³-hybridized carbons (Fsp3) is 0.261. The van der Waals surface area contributed by atoms with Crippen molar-refractivity contribution in [1.82, 2.24) is 14.8 Å². The summed E-state index contributed by atoms with van der Waals surface area (Å²) in [5.74, 6) is 2.15. The molecule has 1 amide bonds. The molecule has 0 saturated carbocycles. The topological polar surface area (TPSA) is 81.1 Å². The maximum absolute atomic E-state index is 12.4. The SMILES string of the molecule is C=CCn1c(CNc2ccccc2)nnc1SCCC(=O)Nc1ccc(OC)cc1C. The number of anilines is 2. The predicted octanol–water partition coefficient (Wildman–Crippen LogP) is 4.51. The van der Waals surface area contributed by atoms with Crippen LogP contribution in [-0.2, 0) is 17.9 Å². The molecule has 1 aromatic heterocycles. The fourth-order valence-electron chi connectivity index (χ4n) is 2.96. The van der Waals surface area contributed by atoms with Crippen LogP contribution in [0.15, 0.2) is 66.3 Å². The maximum Gasteiger partial charge on any atom is 0.225 e. The number of para-hydroxylation sites is 1. The van der Waals surface area contributed by atoms with Gasteiger partial charge in [0.15, 0.2) is 11.0 Å². The van der Waals surface area contributed by atoms with Crippen LogP contribution in [0.1, 0.15) is 17.8 Å². The number of carbonyl (C=O) groups is 1. The third kappa shape index (κ3) is 6.36. The van der Waals surface area contributed by atoms with Gasteiger partial charge in [-0.2, -0.15) is 0 Å². The Morgan fingerprint density at radius 1 is 1.23 bits per heavy atom. The molecule has 0 unspecified atom stereocenters. The zero-order valence-corrected chi connectivity index (χ0v) is 18.6. The summed E-state index contributed by atoms with van der Waals surface area (Å²) in [6.07, 6.45) is 2.19. The van der Waals surface area contributed by atoms with E-state index in [-0.39, 0.29) is 5.91 Å². The Balaban J connectivity index is 1.54. The molecular weight excluding hydrogens is 410 g/mol. The number of nitrogens with one attached hydrogen (secondary N) is 2. The van der Waals surface area contributed by atoms with Crippen molar-refractivity contribution in [1.29, 1.82) is 0 Å². The molecule has 0 saturated heterocycles. The summed E-state index contributed by atoms with van der Waals surface area (Å²) in [6.45, 7) is 6.94. The Morgan fingerprint density at radius 3 is 2.74 bits per heavy atom. The third-order valence-corrected chi connectivity index (χ3v) is 5.57. The number of aryl methyl sites for hydroxylation is 1. The van der Waals surface area contributed by atoms with Crippen LogP contribution in [0.2, 0.25) is 0 Å². The molecule has 162 valence electrons. The van der Waals surface area contributed by atoms with E-state index in [2.05, 4.69) is 27.4 Å². The van der Waals surface area contributed by atoms with Gasteiger partial charge in [-0.1, -0.05) is 36.0 Å². The molecule has 0 radical (unpaired) electrons. The van der Waals surface area contributed by atoms with Gasteiger partial charge in [-0.15, -0.1) is 16.8 Å². The van der Waals surface area contributed by atoms with Crippen molar-refractivity contribution < 1.29 is 9.53 Å². The number of ether oxygens (including phenoxy) is 1. The van der Waals surface area contributed by atoms with Crippen LogP contribution in [0.25, 0.3) is 0 Å². The van der Waals surface area contributed by atoms with Crippen molar-refractivity contribution in [2.75, 3.05) is 23.5 Å². The Morgan fingerprint density at radius 2 is 2.03 bits per heavy atom. The van der Waals surface area contributed by atoms with Crippen molar-refractivity contribution >= 4 is 29.0 Å². The van der Waals surface area contributed by atoms with Gasteiger partial charge in [0.05, 0.1) is 13.7 Å². The normalized spacial score (nSPS) is 10.5. The second-order valence-electron chi connectivity index (χ2n) is 6.85. The highest BCUT2D eigenvalue weighted by molar-refractivity contribution is 7.99. The Hall–Kier alpha value is -3.26. The lowest BCUT2D eigenvalue weighted by Gasteiger charge is -2.10. The number of rotatable bonds is 11. The molecule has 3 aromatic rings. The summed E-state index contributed by atoms with van der Waals surface area (Å²) < 4.78 is 7.21. The second-order valence-corrected chi connectivity index (χ2v) is 7.91. The van der Waals surface area contributed by atoms with Gasteiger partial charge in [-0.3, -0.25) is 4.79 Å². The summed E-state index contributed by atoms with van der Waals surface area (Å²) >= 11 is 1.51. The van der Waals surface area contributed by atoms with Crippen LogP contribution < -0.4 is 15.4 Å². The lowest BCUT2D eigenvalue weighted by atomic mass is 10.2. The zero-order chi connectivity index (χ0) is 22.1. The van der Waals surface area contributed by atoms with Crippen LogP contribution in [0.3, 0.4) is 0 Å². The average molecular weight is 438 g/mol. The number of benzene rings is 2. The van der Waals surface area contributed by atoms with E-state index in [1.165, 1.54) is 11.8 Å². The smallest absolute Gasteiger partial charge is 0.225 e. The summed E-state index contributed by atoms with van der Waals surface area (Å²) in [5, 5.41) is 15.7. The quantitative estimate of drug-likeness (QED) is 0.339. The molecule has 7 nitrogen and oxygen atoms in total. The molecule has 2 aromatic carbocycles. The first kappa shape index (κ1) is 22.4. The highest BCUT2D eigenvalue weighted by atomic mass is 32.2. The van der Waals surface area contributed by atoms with Gasteiger partial charge in [0.2, 0.25) is 5.91 Å². The number of carbonyl (C=O) groups excluding carboxylic acids is 1. The van der Waals surface area contributed by atoms with E-state index < -0.39 is 0 Å². The number of allylic oxidation sites excluding steroid dienone is 1. The second kappa shape index (κ2) is 11.2. The summed E-state index contributed by atoms with van der Waals surface area (Å²) in [5.41, 5.74) is 2.77. The molecule has 0 aliphatic heterocycles. The van der Waals surface area contributed by atoms with Gasteiger partial charge in [0, 0.05) is 30.1 Å². The molecule has 1 heterocycles. The highest BCUT2D eigenvalue weighted by Crippen LogP contribution is 2.22. The number of hydrogen-bond donors (Lipinski definition) is 2. The largest absolute Gasteiger partial charge is 0.497 e.